The molecule has 0 amide bonds. The number of nitrogens with zero attached hydrogens (tertiary/aromatic N) is 2. The van der Waals surface area contributed by atoms with Crippen molar-refractivity contribution in [2.75, 3.05) is 0 Å². The molecule has 1 rings (SSSR count). The Morgan fingerprint density at radius 1 is 1.59 bits per heavy atom. The maximum Gasteiger partial charge on any atom is 0.303 e. The average Bonchev–Trinajstić information content (AvgIpc) is 2.56. The minimum atomic E-state index is -0.822. The van der Waals surface area contributed by atoms with Crippen LogP contribution in [0.5, 0.6) is 0 Å². The summed E-state index contributed by atoms with van der Waals surface area (Å²) in [6, 6.07) is 0. The second kappa shape index (κ2) is 5.08. The Kier molecular flexibility index (Phi) is 4.20. The molecular formula is C12H19ClN2O2. The summed E-state index contributed by atoms with van der Waals surface area (Å²) in [6.07, 6.45) is 2.37. The van der Waals surface area contributed by atoms with Crippen molar-refractivity contribution >= 4 is 17.6 Å². The van der Waals surface area contributed by atoms with Crippen molar-refractivity contribution < 1.29 is 9.90 Å². The van der Waals surface area contributed by atoms with E-state index in [2.05, 4.69) is 25.9 Å². The molecule has 96 valence electrons. The van der Waals surface area contributed by atoms with Crippen LogP contribution in [-0.4, -0.2) is 20.9 Å². The van der Waals surface area contributed by atoms with E-state index in [9.17, 15) is 4.79 Å². The average molecular weight is 259 g/mol. The highest BCUT2D eigenvalue weighted by atomic mass is 35.5. The van der Waals surface area contributed by atoms with E-state index < -0.39 is 5.97 Å². The first-order valence-corrected chi connectivity index (χ1v) is 6.05. The summed E-state index contributed by atoms with van der Waals surface area (Å²) in [5, 5.41) is 12.8. The van der Waals surface area contributed by atoms with Gasteiger partial charge < -0.3 is 5.11 Å². The van der Waals surface area contributed by atoms with Crippen molar-refractivity contribution in [1.29, 1.82) is 0 Å². The van der Waals surface area contributed by atoms with Gasteiger partial charge in [-0.2, -0.15) is 5.10 Å². The molecule has 0 saturated heterocycles. The van der Waals surface area contributed by atoms with Crippen LogP contribution in [-0.2, 0) is 17.3 Å². The second-order valence-corrected chi connectivity index (χ2v) is 5.78. The number of aromatic nitrogens is 2. The summed E-state index contributed by atoms with van der Waals surface area (Å²) in [7, 11) is 1.85. The molecule has 1 aromatic rings. The quantitative estimate of drug-likeness (QED) is 0.845. The van der Waals surface area contributed by atoms with E-state index in [-0.39, 0.29) is 17.2 Å². The minimum Gasteiger partial charge on any atom is -0.481 e. The number of carboxylic acids is 1. The summed E-state index contributed by atoms with van der Waals surface area (Å²) < 4.78 is 1.73. The van der Waals surface area contributed by atoms with Crippen LogP contribution in [0.25, 0.3) is 0 Å². The van der Waals surface area contributed by atoms with Gasteiger partial charge in [-0.25, -0.2) is 0 Å². The fourth-order valence-electron chi connectivity index (χ4n) is 1.72. The third-order valence-electron chi connectivity index (χ3n) is 2.52. The lowest BCUT2D eigenvalue weighted by Crippen LogP contribution is -2.15. The Balaban J connectivity index is 2.93. The molecule has 1 atom stereocenters. The highest BCUT2D eigenvalue weighted by Gasteiger charge is 2.25. The largest absolute Gasteiger partial charge is 0.481 e. The van der Waals surface area contributed by atoms with Gasteiger partial charge in [-0.05, 0) is 6.42 Å². The van der Waals surface area contributed by atoms with Crippen molar-refractivity contribution in [2.24, 2.45) is 7.05 Å². The Labute approximate surface area is 107 Å². The molecule has 0 saturated carbocycles. The topological polar surface area (TPSA) is 55.1 Å². The maximum atomic E-state index is 10.5. The number of carbonyl (C=O) groups is 1. The Morgan fingerprint density at radius 2 is 2.18 bits per heavy atom. The third kappa shape index (κ3) is 3.73. The summed E-state index contributed by atoms with van der Waals surface area (Å²) in [5.41, 5.74) is 1.78. The maximum absolute atomic E-state index is 10.5. The zero-order chi connectivity index (χ0) is 13.2. The molecule has 0 fully saturated rings. The van der Waals surface area contributed by atoms with Gasteiger partial charge in [-0.15, -0.1) is 11.6 Å². The number of hydrogen-bond donors (Lipinski definition) is 1. The smallest absolute Gasteiger partial charge is 0.303 e. The standard InChI is InChI=1S/C12H19ClN2O2/c1-12(2,3)11-8(7-15(4)14-11)9(13)5-6-10(16)17/h7,9H,5-6H2,1-4H3,(H,16,17). The number of hydrogen-bond acceptors (Lipinski definition) is 2. The van der Waals surface area contributed by atoms with Crippen LogP contribution in [0, 0.1) is 0 Å². The van der Waals surface area contributed by atoms with Gasteiger partial charge in [0.05, 0.1) is 11.1 Å². The Hall–Kier alpha value is -1.03. The van der Waals surface area contributed by atoms with Gasteiger partial charge in [0.2, 0.25) is 0 Å². The number of aliphatic carboxylic acids is 1. The lowest BCUT2D eigenvalue weighted by atomic mass is 9.88. The minimum absolute atomic E-state index is 0.0760. The van der Waals surface area contributed by atoms with Gasteiger partial charge >= 0.3 is 5.97 Å². The van der Waals surface area contributed by atoms with E-state index in [1.807, 2.05) is 13.2 Å². The normalized spacial score (nSPS) is 13.7. The van der Waals surface area contributed by atoms with Crippen LogP contribution in [0.3, 0.4) is 0 Å². The third-order valence-corrected chi connectivity index (χ3v) is 2.97. The zero-order valence-corrected chi connectivity index (χ0v) is 11.5. The van der Waals surface area contributed by atoms with Crippen molar-refractivity contribution in [1.82, 2.24) is 9.78 Å². The van der Waals surface area contributed by atoms with E-state index in [1.165, 1.54) is 0 Å². The van der Waals surface area contributed by atoms with Crippen LogP contribution >= 0.6 is 11.6 Å². The van der Waals surface area contributed by atoms with Crippen LogP contribution < -0.4 is 0 Å². The summed E-state index contributed by atoms with van der Waals surface area (Å²) in [4.78, 5) is 10.5. The molecule has 0 radical (unpaired) electrons. The number of alkyl halides is 1. The van der Waals surface area contributed by atoms with Crippen LogP contribution in [0.4, 0.5) is 0 Å². The van der Waals surface area contributed by atoms with E-state index in [0.717, 1.165) is 11.3 Å². The Morgan fingerprint density at radius 3 is 2.65 bits per heavy atom. The van der Waals surface area contributed by atoms with Gasteiger partial charge in [0.1, 0.15) is 0 Å². The second-order valence-electron chi connectivity index (χ2n) is 5.26. The number of halogens is 1. The molecule has 5 heteroatoms. The van der Waals surface area contributed by atoms with E-state index >= 15 is 0 Å². The van der Waals surface area contributed by atoms with Crippen molar-refractivity contribution in [3.63, 3.8) is 0 Å². The SMILES string of the molecule is Cn1cc(C(Cl)CCC(=O)O)c(C(C)(C)C)n1. The first kappa shape index (κ1) is 14.0. The summed E-state index contributed by atoms with van der Waals surface area (Å²) in [5.74, 6) is -0.822. The highest BCUT2D eigenvalue weighted by Crippen LogP contribution is 2.33. The lowest BCUT2D eigenvalue weighted by molar-refractivity contribution is -0.137. The Bertz CT molecular complexity index is 407. The molecule has 1 heterocycles. The molecule has 0 aromatic carbocycles. The molecule has 0 spiro atoms. The first-order valence-electron chi connectivity index (χ1n) is 5.61. The molecule has 0 aliphatic rings. The first-order chi connectivity index (χ1) is 7.71. The van der Waals surface area contributed by atoms with Gasteiger partial charge in [-0.1, -0.05) is 20.8 Å². The molecule has 4 nitrogen and oxygen atoms in total. The molecule has 1 N–H and O–H groups in total. The summed E-state index contributed by atoms with van der Waals surface area (Å²) in [6.45, 7) is 6.21. The molecule has 1 unspecified atom stereocenters. The fraction of sp³-hybridized carbons (Fsp3) is 0.667. The van der Waals surface area contributed by atoms with Gasteiger partial charge in [0.15, 0.2) is 0 Å². The van der Waals surface area contributed by atoms with E-state index in [4.69, 9.17) is 16.7 Å². The van der Waals surface area contributed by atoms with Crippen molar-refractivity contribution in [3.8, 4) is 0 Å². The summed E-state index contributed by atoms with van der Waals surface area (Å²) >= 11 is 6.26. The van der Waals surface area contributed by atoms with E-state index in [0.29, 0.717) is 6.42 Å². The van der Waals surface area contributed by atoms with Gasteiger partial charge in [-0.3, -0.25) is 9.48 Å². The molecule has 0 aliphatic carbocycles. The molecule has 0 aliphatic heterocycles. The van der Waals surface area contributed by atoms with Crippen molar-refractivity contribution in [2.45, 2.75) is 44.4 Å². The number of carboxylic acid groups (broad SMARTS) is 1. The number of aryl methyl sites for hydroxylation is 1. The van der Waals surface area contributed by atoms with Gasteiger partial charge in [0.25, 0.3) is 0 Å². The van der Waals surface area contributed by atoms with Crippen LogP contribution in [0.15, 0.2) is 6.20 Å². The molecule has 0 bridgehead atoms. The lowest BCUT2D eigenvalue weighted by Gasteiger charge is -2.19. The molecule has 17 heavy (non-hydrogen) atoms. The van der Waals surface area contributed by atoms with E-state index in [1.54, 1.807) is 4.68 Å². The predicted molar refractivity (Wildman–Crippen MR) is 67.4 cm³/mol. The molecular weight excluding hydrogens is 240 g/mol. The monoisotopic (exact) mass is 258 g/mol. The van der Waals surface area contributed by atoms with Crippen LogP contribution in [0.2, 0.25) is 0 Å². The van der Waals surface area contributed by atoms with Crippen LogP contribution in [0.1, 0.15) is 50.2 Å². The fourth-order valence-corrected chi connectivity index (χ4v) is 1.99. The van der Waals surface area contributed by atoms with Crippen molar-refractivity contribution in [3.05, 3.63) is 17.5 Å². The molecule has 1 aromatic heterocycles. The zero-order valence-electron chi connectivity index (χ0n) is 10.7. The highest BCUT2D eigenvalue weighted by molar-refractivity contribution is 6.21. The number of rotatable bonds is 4. The van der Waals surface area contributed by atoms with Gasteiger partial charge in [0, 0.05) is 30.6 Å². The predicted octanol–water partition coefficient (Wildman–Crippen LogP) is 2.86.